The molecule has 7 nitrogen and oxygen atoms in total. The van der Waals surface area contributed by atoms with Gasteiger partial charge in [-0.25, -0.2) is 8.78 Å². The van der Waals surface area contributed by atoms with Crippen LogP contribution in [-0.4, -0.2) is 21.9 Å². The number of aromatic hydroxyl groups is 1. The molecule has 1 saturated carbocycles. The predicted molar refractivity (Wildman–Crippen MR) is 124 cm³/mol. The van der Waals surface area contributed by atoms with Crippen LogP contribution in [0.5, 0.6) is 17.2 Å². The number of amides is 2. The Bertz CT molecular complexity index is 1470. The first-order chi connectivity index (χ1) is 16.8. The molecule has 3 aromatic carbocycles. The topological polar surface area (TPSA) is 106 Å². The van der Waals surface area contributed by atoms with Crippen LogP contribution in [0.15, 0.2) is 72.9 Å². The highest BCUT2D eigenvalue weighted by Crippen LogP contribution is 2.49. The lowest BCUT2D eigenvalue weighted by Gasteiger charge is -2.26. The van der Waals surface area contributed by atoms with E-state index in [2.05, 4.69) is 4.98 Å². The Morgan fingerprint density at radius 2 is 1.66 bits per heavy atom. The number of hydrogen-bond donors (Lipinski definition) is 2. The average Bonchev–Trinajstić information content (AvgIpc) is 3.64. The molecular weight excluding hydrogens is 456 g/mol. The second-order valence-electron chi connectivity index (χ2n) is 8.29. The van der Waals surface area contributed by atoms with E-state index in [0.717, 1.165) is 11.0 Å². The first-order valence-electron chi connectivity index (χ1n) is 10.7. The number of phenolic OH excluding ortho intramolecular Hbond substituents is 1. The predicted octanol–water partition coefficient (Wildman–Crippen LogP) is 4.94. The molecule has 4 aromatic rings. The van der Waals surface area contributed by atoms with Gasteiger partial charge in [0.05, 0.1) is 11.2 Å². The van der Waals surface area contributed by atoms with Gasteiger partial charge in [-0.05, 0) is 67.4 Å². The number of rotatable bonds is 6. The van der Waals surface area contributed by atoms with Gasteiger partial charge in [0.25, 0.3) is 0 Å². The van der Waals surface area contributed by atoms with Gasteiger partial charge >= 0.3 is 0 Å². The zero-order valence-electron chi connectivity index (χ0n) is 18.2. The van der Waals surface area contributed by atoms with E-state index in [1.807, 2.05) is 0 Å². The SMILES string of the molecule is NC(=O)C1(C(=O)N(c2ccc(F)cc2)c2ccc(Oc3ccnc4cc(O)ccc34)c(F)c2)CC1. The maximum atomic E-state index is 15.2. The number of phenols is 1. The van der Waals surface area contributed by atoms with Crippen molar-refractivity contribution in [1.29, 1.82) is 0 Å². The third-order valence-electron chi connectivity index (χ3n) is 6.00. The molecule has 0 aliphatic heterocycles. The van der Waals surface area contributed by atoms with Crippen LogP contribution < -0.4 is 15.4 Å². The highest BCUT2D eigenvalue weighted by Gasteiger charge is 2.57. The molecule has 0 radical (unpaired) electrons. The van der Waals surface area contributed by atoms with Crippen molar-refractivity contribution < 1.29 is 28.2 Å². The van der Waals surface area contributed by atoms with Gasteiger partial charge in [0.1, 0.15) is 22.7 Å². The Hall–Kier alpha value is -4.53. The molecule has 1 heterocycles. The van der Waals surface area contributed by atoms with E-state index < -0.39 is 28.9 Å². The molecule has 1 aliphatic rings. The maximum Gasteiger partial charge on any atom is 0.247 e. The van der Waals surface area contributed by atoms with Crippen molar-refractivity contribution in [3.8, 4) is 17.2 Å². The normalized spacial score (nSPS) is 13.9. The van der Waals surface area contributed by atoms with Crippen LogP contribution in [0.2, 0.25) is 0 Å². The Balaban J connectivity index is 1.52. The first kappa shape index (κ1) is 22.3. The van der Waals surface area contributed by atoms with Crippen LogP contribution in [0.3, 0.4) is 0 Å². The molecule has 2 amide bonds. The minimum atomic E-state index is -1.37. The van der Waals surface area contributed by atoms with Crippen molar-refractivity contribution >= 4 is 34.1 Å². The van der Waals surface area contributed by atoms with Gasteiger partial charge < -0.3 is 15.6 Å². The standard InChI is InChI=1S/C26H19F2N3O4/c27-15-1-3-16(4-2-15)31(25(34)26(10-11-26)24(29)33)17-5-8-23(20(28)13-17)35-22-9-12-30-21-14-18(32)6-7-19(21)22/h1-9,12-14,32H,10-11H2,(H2,29,33). The minimum Gasteiger partial charge on any atom is -0.508 e. The van der Waals surface area contributed by atoms with Gasteiger partial charge in [0, 0.05) is 29.4 Å². The Morgan fingerprint density at radius 1 is 0.943 bits per heavy atom. The lowest BCUT2D eigenvalue weighted by atomic mass is 10.0. The Labute approximate surface area is 198 Å². The largest absolute Gasteiger partial charge is 0.508 e. The van der Waals surface area contributed by atoms with Gasteiger partial charge in [0.15, 0.2) is 11.6 Å². The van der Waals surface area contributed by atoms with Crippen molar-refractivity contribution in [2.75, 3.05) is 4.90 Å². The van der Waals surface area contributed by atoms with E-state index in [9.17, 15) is 19.1 Å². The number of pyridine rings is 1. The number of aromatic nitrogens is 1. The quantitative estimate of drug-likeness (QED) is 0.384. The number of nitrogens with zero attached hydrogens (tertiary/aromatic N) is 2. The molecule has 3 N–H and O–H groups in total. The fourth-order valence-electron chi connectivity index (χ4n) is 3.91. The van der Waals surface area contributed by atoms with E-state index in [4.69, 9.17) is 10.5 Å². The van der Waals surface area contributed by atoms with Gasteiger partial charge in [-0.2, -0.15) is 0 Å². The maximum absolute atomic E-state index is 15.2. The van der Waals surface area contributed by atoms with E-state index in [1.165, 1.54) is 54.7 Å². The zero-order valence-corrected chi connectivity index (χ0v) is 18.2. The fraction of sp³-hybridized carbons (Fsp3) is 0.115. The summed E-state index contributed by atoms with van der Waals surface area (Å²) < 4.78 is 34.5. The molecule has 5 rings (SSSR count). The highest BCUT2D eigenvalue weighted by molar-refractivity contribution is 6.16. The third kappa shape index (κ3) is 4.01. The van der Waals surface area contributed by atoms with Crippen molar-refractivity contribution in [1.82, 2.24) is 4.98 Å². The van der Waals surface area contributed by atoms with Gasteiger partial charge in [-0.1, -0.05) is 0 Å². The van der Waals surface area contributed by atoms with Crippen molar-refractivity contribution in [2.45, 2.75) is 12.8 Å². The molecule has 0 atom stereocenters. The zero-order chi connectivity index (χ0) is 24.7. The first-order valence-corrected chi connectivity index (χ1v) is 10.7. The van der Waals surface area contributed by atoms with E-state index in [-0.39, 0.29) is 35.7 Å². The summed E-state index contributed by atoms with van der Waals surface area (Å²) in [5.41, 5.74) is 4.97. The third-order valence-corrected chi connectivity index (χ3v) is 6.00. The summed E-state index contributed by atoms with van der Waals surface area (Å²) in [5, 5.41) is 10.2. The summed E-state index contributed by atoms with van der Waals surface area (Å²) in [6.45, 7) is 0. The Morgan fingerprint density at radius 3 is 2.31 bits per heavy atom. The van der Waals surface area contributed by atoms with Crippen LogP contribution in [0.4, 0.5) is 20.2 Å². The second-order valence-corrected chi connectivity index (χ2v) is 8.29. The number of ether oxygens (including phenoxy) is 1. The Kier molecular flexibility index (Phi) is 5.32. The monoisotopic (exact) mass is 475 g/mol. The van der Waals surface area contributed by atoms with E-state index in [0.29, 0.717) is 16.7 Å². The van der Waals surface area contributed by atoms with Crippen molar-refractivity contribution in [3.63, 3.8) is 0 Å². The van der Waals surface area contributed by atoms with Gasteiger partial charge in [0.2, 0.25) is 11.8 Å². The summed E-state index contributed by atoms with van der Waals surface area (Å²) in [7, 11) is 0. The van der Waals surface area contributed by atoms with Crippen LogP contribution in [0.25, 0.3) is 10.9 Å². The molecule has 35 heavy (non-hydrogen) atoms. The summed E-state index contributed by atoms with van der Waals surface area (Å²) in [5.74, 6) is -2.40. The molecule has 0 unspecified atom stereocenters. The van der Waals surface area contributed by atoms with Crippen molar-refractivity contribution in [3.05, 3.63) is 84.6 Å². The summed E-state index contributed by atoms with van der Waals surface area (Å²) in [6, 6.07) is 15.1. The molecule has 1 aliphatic carbocycles. The van der Waals surface area contributed by atoms with Crippen LogP contribution in [0, 0.1) is 17.0 Å². The molecule has 0 spiro atoms. The number of primary amides is 1. The number of anilines is 2. The molecule has 0 bridgehead atoms. The average molecular weight is 475 g/mol. The summed E-state index contributed by atoms with van der Waals surface area (Å²) >= 11 is 0. The van der Waals surface area contributed by atoms with Gasteiger partial charge in [-0.15, -0.1) is 0 Å². The van der Waals surface area contributed by atoms with Crippen molar-refractivity contribution in [2.24, 2.45) is 11.1 Å². The number of hydrogen-bond acceptors (Lipinski definition) is 5. The fourth-order valence-corrected chi connectivity index (χ4v) is 3.91. The van der Waals surface area contributed by atoms with Gasteiger partial charge in [-0.3, -0.25) is 19.5 Å². The molecule has 0 saturated heterocycles. The molecule has 9 heteroatoms. The number of benzene rings is 3. The molecule has 1 fully saturated rings. The van der Waals surface area contributed by atoms with Crippen LogP contribution in [0.1, 0.15) is 12.8 Å². The number of carbonyl (C=O) groups is 2. The van der Waals surface area contributed by atoms with E-state index >= 15 is 4.39 Å². The lowest BCUT2D eigenvalue weighted by molar-refractivity contribution is -0.133. The van der Waals surface area contributed by atoms with Crippen LogP contribution in [-0.2, 0) is 9.59 Å². The highest BCUT2D eigenvalue weighted by atomic mass is 19.1. The molecular formula is C26H19F2N3O4. The number of nitrogens with two attached hydrogens (primary N) is 1. The molecule has 176 valence electrons. The minimum absolute atomic E-state index is 0.0348. The van der Waals surface area contributed by atoms with Crippen LogP contribution >= 0.6 is 0 Å². The number of carbonyl (C=O) groups excluding carboxylic acids is 2. The summed E-state index contributed by atoms with van der Waals surface area (Å²) in [6.07, 6.45) is 2.04. The van der Waals surface area contributed by atoms with E-state index in [1.54, 1.807) is 12.1 Å². The summed E-state index contributed by atoms with van der Waals surface area (Å²) in [4.78, 5) is 30.7. The molecule has 1 aromatic heterocycles. The number of fused-ring (bicyclic) bond motifs is 1. The number of halogens is 2. The smallest absolute Gasteiger partial charge is 0.247 e. The second kappa shape index (κ2) is 8.35. The lowest BCUT2D eigenvalue weighted by Crippen LogP contribution is -2.41.